The van der Waals surface area contributed by atoms with Crippen molar-refractivity contribution in [2.45, 2.75) is 13.8 Å². The lowest BCUT2D eigenvalue weighted by molar-refractivity contribution is 0.324. The quantitative estimate of drug-likeness (QED) is 0.726. The summed E-state index contributed by atoms with van der Waals surface area (Å²) in [5, 5.41) is 0. The molecule has 0 unspecified atom stereocenters. The minimum atomic E-state index is 0.605. The third-order valence-electron chi connectivity index (χ3n) is 2.78. The van der Waals surface area contributed by atoms with E-state index in [0.717, 1.165) is 11.1 Å². The molecule has 20 heavy (non-hydrogen) atoms. The zero-order valence-electron chi connectivity index (χ0n) is 12.8. The van der Waals surface area contributed by atoms with Crippen molar-refractivity contribution in [3.8, 4) is 17.2 Å². The standard InChI is InChI=1S/C17H22O3/c1-6-7-8-13(2)9-10-14-11-15(18-3)17(20-5)16(12-14)19-4/h6-12H,1-5H3/b7-6-,10-9-,13-8+. The molecule has 0 bridgehead atoms. The third-order valence-corrected chi connectivity index (χ3v) is 2.78. The predicted octanol–water partition coefficient (Wildman–Crippen LogP) is 4.25. The van der Waals surface area contributed by atoms with Crippen molar-refractivity contribution in [2.75, 3.05) is 21.3 Å². The SMILES string of the molecule is C\C=C/C=C(C)/C=C\c1cc(OC)c(OC)c(OC)c1. The molecule has 0 fully saturated rings. The van der Waals surface area contributed by atoms with Crippen molar-refractivity contribution < 1.29 is 14.2 Å². The lowest BCUT2D eigenvalue weighted by Gasteiger charge is -2.12. The highest BCUT2D eigenvalue weighted by Crippen LogP contribution is 2.38. The first-order valence-electron chi connectivity index (χ1n) is 6.44. The Balaban J connectivity index is 3.11. The molecule has 0 atom stereocenters. The molecule has 1 aromatic carbocycles. The highest BCUT2D eigenvalue weighted by Gasteiger charge is 2.11. The van der Waals surface area contributed by atoms with E-state index in [0.29, 0.717) is 17.2 Å². The van der Waals surface area contributed by atoms with Crippen molar-refractivity contribution in [2.24, 2.45) is 0 Å². The fraction of sp³-hybridized carbons (Fsp3) is 0.294. The van der Waals surface area contributed by atoms with Gasteiger partial charge >= 0.3 is 0 Å². The summed E-state index contributed by atoms with van der Waals surface area (Å²) in [5.41, 5.74) is 2.16. The van der Waals surface area contributed by atoms with Crippen LogP contribution in [0.5, 0.6) is 17.2 Å². The maximum absolute atomic E-state index is 5.33. The Kier molecular flexibility index (Phi) is 6.44. The predicted molar refractivity (Wildman–Crippen MR) is 83.7 cm³/mol. The van der Waals surface area contributed by atoms with Gasteiger partial charge in [-0.25, -0.2) is 0 Å². The summed E-state index contributed by atoms with van der Waals surface area (Å²) < 4.78 is 16.0. The highest BCUT2D eigenvalue weighted by atomic mass is 16.5. The maximum Gasteiger partial charge on any atom is 0.203 e. The van der Waals surface area contributed by atoms with E-state index in [1.165, 1.54) is 0 Å². The summed E-state index contributed by atoms with van der Waals surface area (Å²) in [5.74, 6) is 1.91. The molecule has 1 rings (SSSR count). The molecule has 0 saturated carbocycles. The highest BCUT2D eigenvalue weighted by molar-refractivity contribution is 5.63. The number of methoxy groups -OCH3 is 3. The molecule has 0 aliphatic carbocycles. The number of hydrogen-bond donors (Lipinski definition) is 0. The average molecular weight is 274 g/mol. The van der Waals surface area contributed by atoms with Crippen LogP contribution in [0.3, 0.4) is 0 Å². The fourth-order valence-corrected chi connectivity index (χ4v) is 1.73. The first-order valence-corrected chi connectivity index (χ1v) is 6.44. The zero-order valence-corrected chi connectivity index (χ0v) is 12.8. The lowest BCUT2D eigenvalue weighted by Crippen LogP contribution is -1.95. The summed E-state index contributed by atoms with van der Waals surface area (Å²) in [7, 11) is 4.82. The van der Waals surface area contributed by atoms with Gasteiger partial charge in [-0.15, -0.1) is 0 Å². The second kappa shape index (κ2) is 8.10. The van der Waals surface area contributed by atoms with Gasteiger partial charge in [0.25, 0.3) is 0 Å². The Morgan fingerprint density at radius 1 is 1.00 bits per heavy atom. The molecule has 0 radical (unpaired) electrons. The van der Waals surface area contributed by atoms with Gasteiger partial charge in [0.05, 0.1) is 21.3 Å². The van der Waals surface area contributed by atoms with Crippen molar-refractivity contribution in [3.63, 3.8) is 0 Å². The van der Waals surface area contributed by atoms with Gasteiger partial charge in [0.2, 0.25) is 5.75 Å². The molecule has 0 saturated heterocycles. The second-order valence-corrected chi connectivity index (χ2v) is 4.23. The molecule has 3 heteroatoms. The van der Waals surface area contributed by atoms with E-state index >= 15 is 0 Å². The van der Waals surface area contributed by atoms with Crippen LogP contribution >= 0.6 is 0 Å². The zero-order chi connectivity index (χ0) is 15.0. The first-order chi connectivity index (χ1) is 9.65. The number of benzene rings is 1. The van der Waals surface area contributed by atoms with Crippen molar-refractivity contribution >= 4 is 6.08 Å². The normalized spacial score (nSPS) is 12.2. The van der Waals surface area contributed by atoms with E-state index in [4.69, 9.17) is 14.2 Å². The molecule has 1 aromatic rings. The summed E-state index contributed by atoms with van der Waals surface area (Å²) in [4.78, 5) is 0. The molecular formula is C17H22O3. The molecule has 108 valence electrons. The molecule has 0 aromatic heterocycles. The van der Waals surface area contributed by atoms with Gasteiger partial charge in [-0.3, -0.25) is 0 Å². The van der Waals surface area contributed by atoms with Gasteiger partial charge in [0.1, 0.15) is 0 Å². The van der Waals surface area contributed by atoms with E-state index in [2.05, 4.69) is 13.0 Å². The first kappa shape index (κ1) is 15.9. The van der Waals surface area contributed by atoms with E-state index in [1.54, 1.807) is 21.3 Å². The molecule has 3 nitrogen and oxygen atoms in total. The van der Waals surface area contributed by atoms with Gasteiger partial charge in [0.15, 0.2) is 11.5 Å². The van der Waals surface area contributed by atoms with E-state index in [-0.39, 0.29) is 0 Å². The van der Waals surface area contributed by atoms with Crippen LogP contribution in [0.4, 0.5) is 0 Å². The minimum Gasteiger partial charge on any atom is -0.493 e. The van der Waals surface area contributed by atoms with Gasteiger partial charge in [0, 0.05) is 0 Å². The van der Waals surface area contributed by atoms with E-state index < -0.39 is 0 Å². The number of hydrogen-bond acceptors (Lipinski definition) is 3. The average Bonchev–Trinajstić information content (AvgIpc) is 2.49. The summed E-state index contributed by atoms with van der Waals surface area (Å²) in [6.45, 7) is 4.04. The van der Waals surface area contributed by atoms with Crippen LogP contribution in [0.2, 0.25) is 0 Å². The van der Waals surface area contributed by atoms with Crippen LogP contribution in [-0.2, 0) is 0 Å². The van der Waals surface area contributed by atoms with Crippen molar-refractivity contribution in [3.05, 3.63) is 47.6 Å². The number of rotatable bonds is 6. The van der Waals surface area contributed by atoms with E-state index in [1.807, 2.05) is 43.4 Å². The topological polar surface area (TPSA) is 27.7 Å². The number of allylic oxidation sites excluding steroid dienone is 5. The second-order valence-electron chi connectivity index (χ2n) is 4.23. The fourth-order valence-electron chi connectivity index (χ4n) is 1.73. The molecule has 0 N–H and O–H groups in total. The molecule has 0 aliphatic heterocycles. The molecule has 0 heterocycles. The minimum absolute atomic E-state index is 0.605. The van der Waals surface area contributed by atoms with Crippen LogP contribution in [0.15, 0.2) is 42.0 Å². The van der Waals surface area contributed by atoms with Crippen LogP contribution in [-0.4, -0.2) is 21.3 Å². The van der Waals surface area contributed by atoms with E-state index in [9.17, 15) is 0 Å². The molecule has 0 aliphatic rings. The van der Waals surface area contributed by atoms with Gasteiger partial charge < -0.3 is 14.2 Å². The van der Waals surface area contributed by atoms with Crippen molar-refractivity contribution in [1.29, 1.82) is 0 Å². The smallest absolute Gasteiger partial charge is 0.203 e. The lowest BCUT2D eigenvalue weighted by atomic mass is 10.1. The molecule has 0 amide bonds. The summed E-state index contributed by atoms with van der Waals surface area (Å²) in [6, 6.07) is 3.83. The summed E-state index contributed by atoms with van der Waals surface area (Å²) in [6.07, 6.45) is 10.1. The third kappa shape index (κ3) is 4.19. The van der Waals surface area contributed by atoms with Crippen LogP contribution in [0.25, 0.3) is 6.08 Å². The van der Waals surface area contributed by atoms with Crippen molar-refractivity contribution in [1.82, 2.24) is 0 Å². The number of ether oxygens (including phenoxy) is 3. The maximum atomic E-state index is 5.33. The Morgan fingerprint density at radius 3 is 2.05 bits per heavy atom. The Bertz CT molecular complexity index is 500. The van der Waals surface area contributed by atoms with Gasteiger partial charge in [-0.1, -0.05) is 36.0 Å². The summed E-state index contributed by atoms with van der Waals surface area (Å²) >= 11 is 0. The van der Waals surface area contributed by atoms with Gasteiger partial charge in [-0.2, -0.15) is 0 Å². The Labute approximate surface area is 121 Å². The largest absolute Gasteiger partial charge is 0.493 e. The monoisotopic (exact) mass is 274 g/mol. The van der Waals surface area contributed by atoms with Gasteiger partial charge in [-0.05, 0) is 31.5 Å². The Hall–Kier alpha value is -2.16. The van der Waals surface area contributed by atoms with Crippen LogP contribution in [0, 0.1) is 0 Å². The molecular weight excluding hydrogens is 252 g/mol. The van der Waals surface area contributed by atoms with Crippen LogP contribution < -0.4 is 14.2 Å². The van der Waals surface area contributed by atoms with Crippen LogP contribution in [0.1, 0.15) is 19.4 Å². The molecule has 0 spiro atoms. The Morgan fingerprint density at radius 2 is 1.60 bits per heavy atom.